The molecule has 0 radical (unpaired) electrons. The molecule has 0 atom stereocenters. The molecule has 0 amide bonds. The van der Waals surface area contributed by atoms with Gasteiger partial charge in [0, 0.05) is 33.0 Å². The highest BCUT2D eigenvalue weighted by Gasteiger charge is 2.44. The highest BCUT2D eigenvalue weighted by atomic mass is 28.4. The van der Waals surface area contributed by atoms with E-state index in [2.05, 4.69) is 20.8 Å². The van der Waals surface area contributed by atoms with Crippen LogP contribution in [0.2, 0.25) is 0 Å². The lowest BCUT2D eigenvalue weighted by atomic mass is 10.5. The summed E-state index contributed by atoms with van der Waals surface area (Å²) in [5.74, 6) is 0. The van der Waals surface area contributed by atoms with Crippen molar-refractivity contribution in [3.8, 4) is 0 Å². The zero-order valence-electron chi connectivity index (χ0n) is 14.2. The predicted octanol–water partition coefficient (Wildman–Crippen LogP) is 2.04. The standard InChI is InChI=1S/C10H24O4Si.C3H10OSi/c1-5-9-13-15(11-7-3,12-8-4)14-10-6-2;1-2-3-4-5/h5-10H2,1-4H3;2-3H2,1,5H3. The second-order valence-corrected chi connectivity index (χ2v) is 6.79. The normalized spacial score (nSPS) is 11.2. The third-order valence-electron chi connectivity index (χ3n) is 2.02. The second-order valence-electron chi connectivity index (χ2n) is 4.06. The molecule has 0 aromatic carbocycles. The first-order valence-corrected chi connectivity index (χ1v) is 10.2. The lowest BCUT2D eigenvalue weighted by Crippen LogP contribution is -2.49. The van der Waals surface area contributed by atoms with E-state index in [1.165, 1.54) is 0 Å². The van der Waals surface area contributed by atoms with Crippen molar-refractivity contribution >= 4 is 19.5 Å². The van der Waals surface area contributed by atoms with Crippen molar-refractivity contribution in [3.63, 3.8) is 0 Å². The van der Waals surface area contributed by atoms with Gasteiger partial charge >= 0.3 is 9.05 Å². The van der Waals surface area contributed by atoms with Crippen LogP contribution in [0.25, 0.3) is 0 Å². The topological polar surface area (TPSA) is 46.2 Å². The van der Waals surface area contributed by atoms with Crippen molar-refractivity contribution < 1.29 is 22.1 Å². The van der Waals surface area contributed by atoms with E-state index in [9.17, 15) is 0 Å². The molecule has 124 valence electrons. The van der Waals surface area contributed by atoms with Gasteiger partial charge in [-0.2, -0.15) is 0 Å². The average molecular weight is 327 g/mol. The van der Waals surface area contributed by atoms with Crippen molar-refractivity contribution in [2.45, 2.75) is 53.9 Å². The zero-order valence-corrected chi connectivity index (χ0v) is 17.2. The summed E-state index contributed by atoms with van der Waals surface area (Å²) in [6, 6.07) is 0. The van der Waals surface area contributed by atoms with Gasteiger partial charge in [-0.15, -0.1) is 0 Å². The molecule has 0 aliphatic heterocycles. The molecule has 0 unspecified atom stereocenters. The van der Waals surface area contributed by atoms with Crippen molar-refractivity contribution in [1.29, 1.82) is 0 Å². The summed E-state index contributed by atoms with van der Waals surface area (Å²) in [5, 5.41) is 0. The van der Waals surface area contributed by atoms with Gasteiger partial charge in [0.1, 0.15) is 10.5 Å². The van der Waals surface area contributed by atoms with Crippen molar-refractivity contribution in [2.24, 2.45) is 0 Å². The van der Waals surface area contributed by atoms with Crippen LogP contribution < -0.4 is 0 Å². The fourth-order valence-corrected chi connectivity index (χ4v) is 3.79. The minimum absolute atomic E-state index is 0.555. The Balaban J connectivity index is 0. The third-order valence-corrected chi connectivity index (χ3v) is 4.82. The zero-order chi connectivity index (χ0) is 15.7. The number of hydrogen-bond donors (Lipinski definition) is 0. The summed E-state index contributed by atoms with van der Waals surface area (Å²) >= 11 is 0. The molecule has 0 N–H and O–H groups in total. The summed E-state index contributed by atoms with van der Waals surface area (Å²) in [6.45, 7) is 13.4. The van der Waals surface area contributed by atoms with E-state index in [1.807, 2.05) is 13.8 Å². The molecule has 0 rings (SSSR count). The van der Waals surface area contributed by atoms with E-state index < -0.39 is 9.05 Å². The Morgan fingerprint density at radius 2 is 1.05 bits per heavy atom. The van der Waals surface area contributed by atoms with Crippen molar-refractivity contribution in [3.05, 3.63) is 0 Å². The van der Waals surface area contributed by atoms with Gasteiger partial charge in [0.2, 0.25) is 0 Å². The van der Waals surface area contributed by atoms with E-state index in [4.69, 9.17) is 22.1 Å². The smallest absolute Gasteiger partial charge is 0.428 e. The summed E-state index contributed by atoms with van der Waals surface area (Å²) in [6.07, 6.45) is 3.03. The largest absolute Gasteiger partial charge is 0.679 e. The molecule has 0 aliphatic carbocycles. The van der Waals surface area contributed by atoms with Crippen molar-refractivity contribution in [1.82, 2.24) is 0 Å². The Kier molecular flexibility index (Phi) is 19.5. The molecular formula is C13H34O5Si2. The van der Waals surface area contributed by atoms with Crippen LogP contribution in [0.15, 0.2) is 0 Å². The maximum atomic E-state index is 5.63. The Morgan fingerprint density at radius 3 is 1.25 bits per heavy atom. The summed E-state index contributed by atoms with van der Waals surface area (Å²) in [5.41, 5.74) is 0. The molecule has 0 saturated carbocycles. The molecule has 0 fully saturated rings. The SMILES string of the molecule is CCCO[SiH3].CCCO[Si](OCC)(OCC)OCCC. The molecule has 0 bridgehead atoms. The maximum Gasteiger partial charge on any atom is 0.679 e. The van der Waals surface area contributed by atoms with Crippen LogP contribution in [0.1, 0.15) is 53.9 Å². The maximum absolute atomic E-state index is 5.63. The monoisotopic (exact) mass is 326 g/mol. The summed E-state index contributed by atoms with van der Waals surface area (Å²) < 4.78 is 27.2. The lowest BCUT2D eigenvalue weighted by molar-refractivity contribution is -0.0298. The first-order valence-electron chi connectivity index (χ1n) is 7.70. The van der Waals surface area contributed by atoms with E-state index in [-0.39, 0.29) is 0 Å². The quantitative estimate of drug-likeness (QED) is 0.514. The highest BCUT2D eigenvalue weighted by molar-refractivity contribution is 6.53. The van der Waals surface area contributed by atoms with E-state index in [1.54, 1.807) is 0 Å². The molecule has 7 heteroatoms. The average Bonchev–Trinajstić information content (AvgIpc) is 2.45. The van der Waals surface area contributed by atoms with Crippen LogP contribution in [0.3, 0.4) is 0 Å². The third kappa shape index (κ3) is 13.2. The van der Waals surface area contributed by atoms with E-state index >= 15 is 0 Å². The molecule has 0 aliphatic rings. The summed E-state index contributed by atoms with van der Waals surface area (Å²) in [7, 11) is -1.94. The highest BCUT2D eigenvalue weighted by Crippen LogP contribution is 2.12. The molecule has 20 heavy (non-hydrogen) atoms. The van der Waals surface area contributed by atoms with Crippen LogP contribution in [0, 0.1) is 0 Å². The molecule has 0 heterocycles. The van der Waals surface area contributed by atoms with Crippen LogP contribution in [0.5, 0.6) is 0 Å². The number of rotatable bonds is 12. The minimum Gasteiger partial charge on any atom is -0.428 e. The Morgan fingerprint density at radius 1 is 0.650 bits per heavy atom. The Labute approximate surface area is 129 Å². The first kappa shape index (κ1) is 22.5. The second kappa shape index (κ2) is 17.3. The molecule has 0 saturated heterocycles. The molecule has 0 aromatic heterocycles. The van der Waals surface area contributed by atoms with E-state index in [0.29, 0.717) is 26.4 Å². The van der Waals surface area contributed by atoms with E-state index in [0.717, 1.165) is 36.4 Å². The van der Waals surface area contributed by atoms with Gasteiger partial charge in [0.25, 0.3) is 0 Å². The van der Waals surface area contributed by atoms with Gasteiger partial charge in [-0.25, -0.2) is 0 Å². The molecular weight excluding hydrogens is 292 g/mol. The van der Waals surface area contributed by atoms with Gasteiger partial charge in [0.15, 0.2) is 0 Å². The lowest BCUT2D eigenvalue weighted by Gasteiger charge is -2.26. The minimum atomic E-state index is -2.84. The Hall–Kier alpha value is 0.234. The van der Waals surface area contributed by atoms with Gasteiger partial charge in [-0.1, -0.05) is 20.8 Å². The van der Waals surface area contributed by atoms with Gasteiger partial charge < -0.3 is 22.1 Å². The first-order chi connectivity index (χ1) is 9.66. The van der Waals surface area contributed by atoms with Crippen LogP contribution >= 0.6 is 0 Å². The van der Waals surface area contributed by atoms with Crippen LogP contribution in [0.4, 0.5) is 0 Å². The molecule has 5 nitrogen and oxygen atoms in total. The van der Waals surface area contributed by atoms with Crippen LogP contribution in [-0.2, 0) is 22.1 Å². The molecule has 0 spiro atoms. The van der Waals surface area contributed by atoms with Crippen LogP contribution in [-0.4, -0.2) is 52.6 Å². The molecule has 0 aromatic rings. The fraction of sp³-hybridized carbons (Fsp3) is 1.00. The fourth-order valence-electron chi connectivity index (χ4n) is 1.26. The van der Waals surface area contributed by atoms with Crippen molar-refractivity contribution in [2.75, 3.05) is 33.0 Å². The van der Waals surface area contributed by atoms with Gasteiger partial charge in [-0.05, 0) is 33.1 Å². The number of hydrogen-bond acceptors (Lipinski definition) is 5. The van der Waals surface area contributed by atoms with Gasteiger partial charge in [-0.3, -0.25) is 0 Å². The Bertz CT molecular complexity index is 166. The predicted molar refractivity (Wildman–Crippen MR) is 87.7 cm³/mol. The van der Waals surface area contributed by atoms with Gasteiger partial charge in [0.05, 0.1) is 0 Å². The summed E-state index contributed by atoms with van der Waals surface area (Å²) in [4.78, 5) is 0.